The summed E-state index contributed by atoms with van der Waals surface area (Å²) in [5.74, 6) is 0. The number of unbranched alkanes of at least 4 members (excludes halogenated alkanes) is 13. The summed E-state index contributed by atoms with van der Waals surface area (Å²) in [6.45, 7) is 5.91. The molecule has 0 spiro atoms. The van der Waals surface area contributed by atoms with Gasteiger partial charge in [0.05, 0.1) is 0 Å². The van der Waals surface area contributed by atoms with Crippen LogP contribution in [0.1, 0.15) is 114 Å². The molecule has 0 radical (unpaired) electrons. The number of benzene rings is 1. The molecule has 0 atom stereocenters. The molecule has 0 heterocycles. The highest BCUT2D eigenvalue weighted by atomic mass is 32.2. The van der Waals surface area contributed by atoms with Crippen LogP contribution >= 0.6 is 0 Å². The minimum Gasteiger partial charge on any atom is -0.282 e. The van der Waals surface area contributed by atoms with Gasteiger partial charge >= 0.3 is 0 Å². The average Bonchev–Trinajstić information content (AvgIpc) is 2.63. The van der Waals surface area contributed by atoms with Gasteiger partial charge in [-0.3, -0.25) is 4.55 Å². The van der Waals surface area contributed by atoms with E-state index in [-0.39, 0.29) is 4.90 Å². The second-order valence-corrected chi connectivity index (χ2v) is 9.68. The van der Waals surface area contributed by atoms with Crippen LogP contribution < -0.4 is 0 Å². The zero-order valence-electron chi connectivity index (χ0n) is 18.4. The summed E-state index contributed by atoms with van der Waals surface area (Å²) >= 11 is 0. The molecule has 0 unspecified atom stereocenters. The summed E-state index contributed by atoms with van der Waals surface area (Å²) in [5, 5.41) is 0. The molecule has 28 heavy (non-hydrogen) atoms. The minimum atomic E-state index is -4.16. The van der Waals surface area contributed by atoms with E-state index in [9.17, 15) is 13.0 Å². The topological polar surface area (TPSA) is 54.4 Å². The molecular weight excluding hydrogens is 368 g/mol. The lowest BCUT2D eigenvalue weighted by Crippen LogP contribution is -2.07. The molecule has 0 saturated carbocycles. The first-order chi connectivity index (χ1) is 13.4. The molecule has 0 aliphatic rings. The van der Waals surface area contributed by atoms with E-state index in [1.54, 1.807) is 6.92 Å². The van der Waals surface area contributed by atoms with Gasteiger partial charge in [-0.25, -0.2) is 0 Å². The van der Waals surface area contributed by atoms with E-state index in [4.69, 9.17) is 0 Å². The highest BCUT2D eigenvalue weighted by Crippen LogP contribution is 2.25. The van der Waals surface area contributed by atoms with Crippen LogP contribution in [0.3, 0.4) is 0 Å². The van der Waals surface area contributed by atoms with Crippen molar-refractivity contribution in [2.24, 2.45) is 0 Å². The van der Waals surface area contributed by atoms with Gasteiger partial charge in [-0.1, -0.05) is 103 Å². The first-order valence-corrected chi connectivity index (χ1v) is 12.9. The molecule has 3 nitrogen and oxygen atoms in total. The maximum absolute atomic E-state index is 11.7. The summed E-state index contributed by atoms with van der Waals surface area (Å²) in [6.07, 6.45) is 19.1. The van der Waals surface area contributed by atoms with Gasteiger partial charge in [-0.2, -0.15) is 8.42 Å². The smallest absolute Gasteiger partial charge is 0.282 e. The summed E-state index contributed by atoms with van der Waals surface area (Å²) in [6, 6.07) is 3.80. The molecule has 1 aromatic carbocycles. The van der Waals surface area contributed by atoms with E-state index < -0.39 is 10.1 Å². The summed E-state index contributed by atoms with van der Waals surface area (Å²) < 4.78 is 33.0. The predicted octanol–water partition coefficient (Wildman–Crippen LogP) is 7.57. The van der Waals surface area contributed by atoms with Crippen LogP contribution in [0.25, 0.3) is 0 Å². The van der Waals surface area contributed by atoms with Crippen molar-refractivity contribution in [3.8, 4) is 0 Å². The molecule has 0 fully saturated rings. The predicted molar refractivity (Wildman–Crippen MR) is 120 cm³/mol. The Morgan fingerprint density at radius 3 is 1.57 bits per heavy atom. The third kappa shape index (κ3) is 10.1. The SMILES string of the molecule is CCCCCCCCCCCCCCCCc1ccc(C)c(C)c1S(=O)(=O)O. The van der Waals surface area contributed by atoms with Crippen LogP contribution in [0.2, 0.25) is 0 Å². The van der Waals surface area contributed by atoms with Crippen molar-refractivity contribution in [2.75, 3.05) is 0 Å². The van der Waals surface area contributed by atoms with Gasteiger partial charge in [0.1, 0.15) is 4.90 Å². The summed E-state index contributed by atoms with van der Waals surface area (Å²) in [7, 11) is -4.16. The normalized spacial score (nSPS) is 11.9. The van der Waals surface area contributed by atoms with E-state index >= 15 is 0 Å². The Balaban J connectivity index is 2.12. The molecule has 0 aliphatic heterocycles. The van der Waals surface area contributed by atoms with Crippen molar-refractivity contribution in [1.82, 2.24) is 0 Å². The van der Waals surface area contributed by atoms with Crippen LogP contribution in [0.4, 0.5) is 0 Å². The molecule has 4 heteroatoms. The van der Waals surface area contributed by atoms with E-state index in [1.807, 2.05) is 19.1 Å². The Kier molecular flexibility index (Phi) is 12.7. The largest absolute Gasteiger partial charge is 0.295 e. The second-order valence-electron chi connectivity index (χ2n) is 8.32. The third-order valence-electron chi connectivity index (χ3n) is 5.82. The third-order valence-corrected chi connectivity index (χ3v) is 6.90. The van der Waals surface area contributed by atoms with Crippen molar-refractivity contribution in [3.63, 3.8) is 0 Å². The van der Waals surface area contributed by atoms with E-state index in [1.165, 1.54) is 77.0 Å². The van der Waals surface area contributed by atoms with Gasteiger partial charge in [-0.05, 0) is 43.4 Å². The van der Waals surface area contributed by atoms with Crippen LogP contribution in [-0.4, -0.2) is 13.0 Å². The molecule has 1 N–H and O–H groups in total. The van der Waals surface area contributed by atoms with Gasteiger partial charge in [0.2, 0.25) is 0 Å². The number of hydrogen-bond acceptors (Lipinski definition) is 2. The van der Waals surface area contributed by atoms with E-state index in [0.29, 0.717) is 12.0 Å². The molecule has 0 saturated heterocycles. The zero-order valence-corrected chi connectivity index (χ0v) is 19.2. The Hall–Kier alpha value is -0.870. The first-order valence-electron chi connectivity index (χ1n) is 11.4. The lowest BCUT2D eigenvalue weighted by Gasteiger charge is -2.12. The quantitative estimate of drug-likeness (QED) is 0.226. The fourth-order valence-electron chi connectivity index (χ4n) is 3.91. The minimum absolute atomic E-state index is 0.127. The summed E-state index contributed by atoms with van der Waals surface area (Å²) in [4.78, 5) is 0.127. The van der Waals surface area contributed by atoms with Gasteiger partial charge in [0.15, 0.2) is 0 Å². The highest BCUT2D eigenvalue weighted by molar-refractivity contribution is 7.86. The van der Waals surface area contributed by atoms with Gasteiger partial charge < -0.3 is 0 Å². The fourth-order valence-corrected chi connectivity index (χ4v) is 4.96. The first kappa shape index (κ1) is 25.2. The Morgan fingerprint density at radius 1 is 0.714 bits per heavy atom. The number of rotatable bonds is 16. The van der Waals surface area contributed by atoms with Crippen LogP contribution in [0.5, 0.6) is 0 Å². The molecule has 1 rings (SSSR count). The molecule has 0 bridgehead atoms. The van der Waals surface area contributed by atoms with Crippen molar-refractivity contribution in [2.45, 2.75) is 122 Å². The molecule has 1 aromatic rings. The standard InChI is InChI=1S/C24H42O3S/c1-4-5-6-7-8-9-10-11-12-13-14-15-16-17-18-23-20-19-21(2)22(3)24(23)28(25,26)27/h19-20H,4-18H2,1-3H3,(H,25,26,27). The molecule has 0 amide bonds. The fraction of sp³-hybridized carbons (Fsp3) is 0.750. The van der Waals surface area contributed by atoms with Crippen LogP contribution in [-0.2, 0) is 16.5 Å². The monoisotopic (exact) mass is 410 g/mol. The van der Waals surface area contributed by atoms with Crippen molar-refractivity contribution in [1.29, 1.82) is 0 Å². The lowest BCUT2D eigenvalue weighted by molar-refractivity contribution is 0.480. The van der Waals surface area contributed by atoms with Crippen molar-refractivity contribution < 1.29 is 13.0 Å². The second kappa shape index (κ2) is 14.2. The number of hydrogen-bond donors (Lipinski definition) is 1. The zero-order chi connectivity index (χ0) is 20.8. The van der Waals surface area contributed by atoms with E-state index in [0.717, 1.165) is 24.0 Å². The Bertz CT molecular complexity index is 650. The maximum atomic E-state index is 11.7. The average molecular weight is 411 g/mol. The highest BCUT2D eigenvalue weighted by Gasteiger charge is 2.19. The van der Waals surface area contributed by atoms with Gasteiger partial charge in [-0.15, -0.1) is 0 Å². The van der Waals surface area contributed by atoms with Crippen molar-refractivity contribution >= 4 is 10.1 Å². The van der Waals surface area contributed by atoms with Crippen LogP contribution in [0, 0.1) is 13.8 Å². The Labute approximate surface area is 174 Å². The van der Waals surface area contributed by atoms with E-state index in [2.05, 4.69) is 6.92 Å². The molecule has 0 aromatic heterocycles. The number of aryl methyl sites for hydroxylation is 2. The Morgan fingerprint density at radius 2 is 1.14 bits per heavy atom. The molecular formula is C24H42O3S. The van der Waals surface area contributed by atoms with Crippen LogP contribution in [0.15, 0.2) is 17.0 Å². The maximum Gasteiger partial charge on any atom is 0.295 e. The molecule has 0 aliphatic carbocycles. The van der Waals surface area contributed by atoms with Gasteiger partial charge in [0.25, 0.3) is 10.1 Å². The van der Waals surface area contributed by atoms with Gasteiger partial charge in [0, 0.05) is 0 Å². The van der Waals surface area contributed by atoms with Crippen molar-refractivity contribution in [3.05, 3.63) is 28.8 Å². The lowest BCUT2D eigenvalue weighted by atomic mass is 10.0. The summed E-state index contributed by atoms with van der Waals surface area (Å²) in [5.41, 5.74) is 2.33. The molecule has 162 valence electrons.